The number of anilines is 1. The van der Waals surface area contributed by atoms with E-state index < -0.39 is 0 Å². The van der Waals surface area contributed by atoms with E-state index in [4.69, 9.17) is 11.6 Å². The van der Waals surface area contributed by atoms with E-state index in [9.17, 15) is 0 Å². The zero-order chi connectivity index (χ0) is 10.4. The third-order valence-electron chi connectivity index (χ3n) is 1.76. The van der Waals surface area contributed by atoms with Gasteiger partial charge in [-0.3, -0.25) is 0 Å². The van der Waals surface area contributed by atoms with E-state index in [2.05, 4.69) is 21.6 Å². The first kappa shape index (κ1) is 11.7. The van der Waals surface area contributed by atoms with Crippen molar-refractivity contribution in [2.75, 3.05) is 11.9 Å². The van der Waals surface area contributed by atoms with Gasteiger partial charge in [-0.1, -0.05) is 6.92 Å². The summed E-state index contributed by atoms with van der Waals surface area (Å²) in [5.41, 5.74) is 0. The molecule has 0 spiro atoms. The Bertz CT molecular complexity index is 262. The average Bonchev–Trinajstić information content (AvgIpc) is 2.53. The molecule has 1 aromatic rings. The molecule has 1 atom stereocenters. The fourth-order valence-electron chi connectivity index (χ4n) is 1.03. The molecule has 0 radical (unpaired) electrons. The third-order valence-corrected chi connectivity index (χ3v) is 2.69. The molecule has 1 N–H and O–H groups in total. The maximum atomic E-state index is 5.83. The largest absolute Gasteiger partial charge is 0.360 e. The van der Waals surface area contributed by atoms with Gasteiger partial charge in [0.05, 0.1) is 0 Å². The second-order valence-corrected chi connectivity index (χ2v) is 4.76. The molecule has 0 aliphatic heterocycles. The molecule has 0 bridgehead atoms. The summed E-state index contributed by atoms with van der Waals surface area (Å²) in [7, 11) is 0. The fourth-order valence-corrected chi connectivity index (χ4v) is 1.77. The highest BCUT2D eigenvalue weighted by Crippen LogP contribution is 2.12. The van der Waals surface area contributed by atoms with Gasteiger partial charge in [0.15, 0.2) is 0 Å². The molecule has 3 nitrogen and oxygen atoms in total. The van der Waals surface area contributed by atoms with E-state index in [1.165, 1.54) is 11.5 Å². The van der Waals surface area contributed by atoms with Crippen molar-refractivity contribution in [2.24, 2.45) is 0 Å². The number of hydrogen-bond acceptors (Lipinski definition) is 4. The number of hydrogen-bond donors (Lipinski definition) is 1. The normalized spacial score (nSPS) is 12.8. The van der Waals surface area contributed by atoms with Crippen LogP contribution in [0.25, 0.3) is 0 Å². The molecule has 1 heterocycles. The lowest BCUT2D eigenvalue weighted by Crippen LogP contribution is -2.05. The number of aromatic nitrogens is 2. The van der Waals surface area contributed by atoms with Crippen LogP contribution in [0.1, 0.15) is 32.5 Å². The highest BCUT2D eigenvalue weighted by Gasteiger charge is 2.02. The van der Waals surface area contributed by atoms with Crippen LogP contribution in [0.2, 0.25) is 0 Å². The summed E-state index contributed by atoms with van der Waals surface area (Å²) >= 11 is 7.25. The van der Waals surface area contributed by atoms with Crippen molar-refractivity contribution in [1.82, 2.24) is 9.36 Å². The minimum atomic E-state index is 0.213. The quantitative estimate of drug-likeness (QED) is 0.768. The highest BCUT2D eigenvalue weighted by molar-refractivity contribution is 7.09. The zero-order valence-electron chi connectivity index (χ0n) is 8.59. The van der Waals surface area contributed by atoms with Gasteiger partial charge >= 0.3 is 0 Å². The molecule has 1 aromatic heterocycles. The van der Waals surface area contributed by atoms with Crippen LogP contribution in [-0.4, -0.2) is 21.3 Å². The Morgan fingerprint density at radius 2 is 2.36 bits per heavy atom. The van der Waals surface area contributed by atoms with Gasteiger partial charge in [0.2, 0.25) is 5.13 Å². The van der Waals surface area contributed by atoms with Gasteiger partial charge < -0.3 is 5.32 Å². The van der Waals surface area contributed by atoms with Crippen LogP contribution in [0.15, 0.2) is 0 Å². The lowest BCUT2D eigenvalue weighted by Gasteiger charge is -2.02. The first-order valence-electron chi connectivity index (χ1n) is 4.93. The van der Waals surface area contributed by atoms with Crippen LogP contribution >= 0.6 is 23.1 Å². The summed E-state index contributed by atoms with van der Waals surface area (Å²) in [5, 5.41) is 4.34. The van der Waals surface area contributed by atoms with Gasteiger partial charge in [-0.15, -0.1) is 11.6 Å². The van der Waals surface area contributed by atoms with E-state index in [0.717, 1.165) is 36.8 Å². The second-order valence-electron chi connectivity index (χ2n) is 3.26. The van der Waals surface area contributed by atoms with E-state index in [1.54, 1.807) is 0 Å². The van der Waals surface area contributed by atoms with E-state index in [-0.39, 0.29) is 5.38 Å². The predicted octanol–water partition coefficient (Wildman–Crippen LogP) is 2.92. The van der Waals surface area contributed by atoms with Crippen molar-refractivity contribution < 1.29 is 0 Å². The minimum Gasteiger partial charge on any atom is -0.360 e. The molecule has 0 saturated heterocycles. The highest BCUT2D eigenvalue weighted by atomic mass is 35.5. The summed E-state index contributed by atoms with van der Waals surface area (Å²) in [4.78, 5) is 4.35. The van der Waals surface area contributed by atoms with E-state index in [1.807, 2.05) is 6.92 Å². The standard InChI is InChI=1S/C9H16ClN3S/c1-3-4-8-12-9(14-13-8)11-6-5-7(2)10/h7H,3-6H2,1-2H3,(H,11,12,13). The minimum absolute atomic E-state index is 0.213. The van der Waals surface area contributed by atoms with Crippen LogP contribution in [-0.2, 0) is 6.42 Å². The SMILES string of the molecule is CCCc1nsc(NCCC(C)Cl)n1. The Morgan fingerprint density at radius 1 is 1.57 bits per heavy atom. The van der Waals surface area contributed by atoms with Gasteiger partial charge in [-0.2, -0.15) is 4.37 Å². The van der Waals surface area contributed by atoms with Crippen LogP contribution < -0.4 is 5.32 Å². The van der Waals surface area contributed by atoms with Crippen molar-refractivity contribution in [3.8, 4) is 0 Å². The number of halogens is 1. The van der Waals surface area contributed by atoms with Crippen molar-refractivity contribution in [2.45, 2.75) is 38.5 Å². The lowest BCUT2D eigenvalue weighted by molar-refractivity contribution is 0.835. The van der Waals surface area contributed by atoms with E-state index in [0.29, 0.717) is 0 Å². The molecule has 0 aromatic carbocycles. The van der Waals surface area contributed by atoms with Gasteiger partial charge in [-0.25, -0.2) is 4.98 Å². The number of aryl methyl sites for hydroxylation is 1. The van der Waals surface area contributed by atoms with Crippen molar-refractivity contribution >= 4 is 28.3 Å². The molecule has 0 aliphatic rings. The van der Waals surface area contributed by atoms with Gasteiger partial charge in [-0.05, 0) is 19.8 Å². The first-order chi connectivity index (χ1) is 6.72. The summed E-state index contributed by atoms with van der Waals surface area (Å²) < 4.78 is 4.24. The Kier molecular flexibility index (Phi) is 5.19. The molecular formula is C9H16ClN3S. The topological polar surface area (TPSA) is 37.8 Å². The van der Waals surface area contributed by atoms with Gasteiger partial charge in [0.1, 0.15) is 5.82 Å². The maximum absolute atomic E-state index is 5.83. The Labute approximate surface area is 94.1 Å². The lowest BCUT2D eigenvalue weighted by atomic mass is 10.3. The molecule has 0 fully saturated rings. The third kappa shape index (κ3) is 4.24. The molecular weight excluding hydrogens is 218 g/mol. The smallest absolute Gasteiger partial charge is 0.202 e. The Balaban J connectivity index is 2.28. The van der Waals surface area contributed by atoms with Gasteiger partial charge in [0.25, 0.3) is 0 Å². The monoisotopic (exact) mass is 233 g/mol. The average molecular weight is 234 g/mol. The molecule has 0 amide bonds. The summed E-state index contributed by atoms with van der Waals surface area (Å²) in [6.07, 6.45) is 3.00. The second kappa shape index (κ2) is 6.19. The summed E-state index contributed by atoms with van der Waals surface area (Å²) in [6, 6.07) is 0. The summed E-state index contributed by atoms with van der Waals surface area (Å²) in [5.74, 6) is 0.943. The van der Waals surface area contributed by atoms with Crippen LogP contribution in [0.3, 0.4) is 0 Å². The molecule has 14 heavy (non-hydrogen) atoms. The molecule has 0 saturated carbocycles. The molecule has 5 heteroatoms. The van der Waals surface area contributed by atoms with Crippen molar-refractivity contribution in [3.63, 3.8) is 0 Å². The number of nitrogens with one attached hydrogen (secondary N) is 1. The summed E-state index contributed by atoms with van der Waals surface area (Å²) in [6.45, 7) is 4.99. The van der Waals surface area contributed by atoms with Crippen LogP contribution in [0, 0.1) is 0 Å². The number of alkyl halides is 1. The molecule has 80 valence electrons. The molecule has 0 aliphatic carbocycles. The van der Waals surface area contributed by atoms with Crippen LogP contribution in [0.4, 0.5) is 5.13 Å². The maximum Gasteiger partial charge on any atom is 0.202 e. The predicted molar refractivity (Wildman–Crippen MR) is 62.3 cm³/mol. The fraction of sp³-hybridized carbons (Fsp3) is 0.778. The van der Waals surface area contributed by atoms with Crippen LogP contribution in [0.5, 0.6) is 0 Å². The van der Waals surface area contributed by atoms with Crippen molar-refractivity contribution in [1.29, 1.82) is 0 Å². The number of rotatable bonds is 6. The molecule has 1 unspecified atom stereocenters. The first-order valence-corrected chi connectivity index (χ1v) is 6.14. The Hall–Kier alpha value is -0.350. The van der Waals surface area contributed by atoms with Crippen molar-refractivity contribution in [3.05, 3.63) is 5.82 Å². The zero-order valence-corrected chi connectivity index (χ0v) is 10.2. The number of nitrogens with zero attached hydrogens (tertiary/aromatic N) is 2. The molecule has 1 rings (SSSR count). The van der Waals surface area contributed by atoms with Gasteiger partial charge in [0, 0.05) is 29.9 Å². The van der Waals surface area contributed by atoms with E-state index >= 15 is 0 Å². The Morgan fingerprint density at radius 3 is 3.00 bits per heavy atom.